The zero-order valence-electron chi connectivity index (χ0n) is 12.4. The molecule has 1 N–H and O–H groups in total. The van der Waals surface area contributed by atoms with Gasteiger partial charge < -0.3 is 14.5 Å². The van der Waals surface area contributed by atoms with E-state index in [9.17, 15) is 0 Å². The van der Waals surface area contributed by atoms with Gasteiger partial charge in [-0.1, -0.05) is 31.0 Å². The number of rotatable bonds is 6. The predicted molar refractivity (Wildman–Crippen MR) is 83.1 cm³/mol. The molecule has 1 aromatic carbocycles. The Morgan fingerprint density at radius 2 is 1.90 bits per heavy atom. The van der Waals surface area contributed by atoms with Gasteiger partial charge >= 0.3 is 0 Å². The van der Waals surface area contributed by atoms with Gasteiger partial charge in [-0.15, -0.1) is 0 Å². The summed E-state index contributed by atoms with van der Waals surface area (Å²) in [6.45, 7) is 1.51. The van der Waals surface area contributed by atoms with Crippen LogP contribution in [0, 0.1) is 0 Å². The van der Waals surface area contributed by atoms with Gasteiger partial charge in [-0.3, -0.25) is 0 Å². The zero-order chi connectivity index (χ0) is 14.1. The maximum absolute atomic E-state index is 6.06. The van der Waals surface area contributed by atoms with Crippen molar-refractivity contribution < 1.29 is 9.15 Å². The van der Waals surface area contributed by atoms with Crippen LogP contribution < -0.4 is 5.32 Å². The maximum atomic E-state index is 6.06. The molecule has 2 fully saturated rings. The van der Waals surface area contributed by atoms with Gasteiger partial charge in [-0.25, -0.2) is 0 Å². The standard InChI is InChI=1S/C18H23NO2/c1-2-6-14(5-1)20-12-18-16(11-19-13-9-10-13)15-7-3-4-8-17(15)21-18/h3-4,7-8,13-14,19H,1-2,5-6,9-12H2. The highest BCUT2D eigenvalue weighted by atomic mass is 16.5. The van der Waals surface area contributed by atoms with Crippen LogP contribution in [0.3, 0.4) is 0 Å². The van der Waals surface area contributed by atoms with Crippen molar-refractivity contribution >= 4 is 11.0 Å². The molecule has 0 saturated heterocycles. The third-order valence-electron chi connectivity index (χ3n) is 4.68. The van der Waals surface area contributed by atoms with Crippen LogP contribution in [0.5, 0.6) is 0 Å². The molecule has 4 rings (SSSR count). The first-order chi connectivity index (χ1) is 10.4. The average Bonchev–Trinajstić information content (AvgIpc) is 3.07. The third kappa shape index (κ3) is 2.99. The van der Waals surface area contributed by atoms with Gasteiger partial charge in [0.2, 0.25) is 0 Å². The number of fused-ring (bicyclic) bond motifs is 1. The Labute approximate surface area is 125 Å². The largest absolute Gasteiger partial charge is 0.458 e. The summed E-state index contributed by atoms with van der Waals surface area (Å²) in [4.78, 5) is 0. The minimum Gasteiger partial charge on any atom is -0.458 e. The Morgan fingerprint density at radius 1 is 1.10 bits per heavy atom. The first kappa shape index (κ1) is 13.4. The Bertz CT molecular complexity index is 609. The lowest BCUT2D eigenvalue weighted by Gasteiger charge is -2.11. The number of hydrogen-bond donors (Lipinski definition) is 1. The quantitative estimate of drug-likeness (QED) is 0.866. The van der Waals surface area contributed by atoms with Gasteiger partial charge in [-0.05, 0) is 31.7 Å². The van der Waals surface area contributed by atoms with Crippen molar-refractivity contribution in [3.05, 3.63) is 35.6 Å². The van der Waals surface area contributed by atoms with Crippen molar-refractivity contribution in [1.29, 1.82) is 0 Å². The molecule has 0 spiro atoms. The lowest BCUT2D eigenvalue weighted by Crippen LogP contribution is -2.16. The second kappa shape index (κ2) is 5.82. The summed E-state index contributed by atoms with van der Waals surface area (Å²) in [5, 5.41) is 4.84. The molecule has 0 unspecified atom stereocenters. The van der Waals surface area contributed by atoms with Crippen LogP contribution in [0.2, 0.25) is 0 Å². The smallest absolute Gasteiger partial charge is 0.135 e. The first-order valence-electron chi connectivity index (χ1n) is 8.24. The van der Waals surface area contributed by atoms with Gasteiger partial charge in [0.25, 0.3) is 0 Å². The van der Waals surface area contributed by atoms with Crippen LogP contribution in [-0.2, 0) is 17.9 Å². The molecule has 21 heavy (non-hydrogen) atoms. The van der Waals surface area contributed by atoms with Gasteiger partial charge in [-0.2, -0.15) is 0 Å². The molecule has 0 bridgehead atoms. The molecule has 2 aliphatic rings. The van der Waals surface area contributed by atoms with Crippen LogP contribution in [0.4, 0.5) is 0 Å². The molecule has 112 valence electrons. The van der Waals surface area contributed by atoms with E-state index in [1.807, 2.05) is 6.07 Å². The predicted octanol–water partition coefficient (Wildman–Crippen LogP) is 4.14. The maximum Gasteiger partial charge on any atom is 0.135 e. The number of hydrogen-bond acceptors (Lipinski definition) is 3. The van der Waals surface area contributed by atoms with E-state index in [-0.39, 0.29) is 0 Å². The number of para-hydroxylation sites is 1. The van der Waals surface area contributed by atoms with Gasteiger partial charge in [0.05, 0.1) is 6.10 Å². The molecular formula is C18H23NO2. The normalized spacial score (nSPS) is 19.6. The van der Waals surface area contributed by atoms with E-state index in [2.05, 4.69) is 23.5 Å². The van der Waals surface area contributed by atoms with E-state index in [0.717, 1.165) is 17.9 Å². The molecule has 1 heterocycles. The molecular weight excluding hydrogens is 262 g/mol. The van der Waals surface area contributed by atoms with E-state index >= 15 is 0 Å². The fourth-order valence-electron chi connectivity index (χ4n) is 3.24. The van der Waals surface area contributed by atoms with Gasteiger partial charge in [0.15, 0.2) is 0 Å². The Morgan fingerprint density at radius 3 is 2.71 bits per heavy atom. The highest BCUT2D eigenvalue weighted by Crippen LogP contribution is 2.29. The average molecular weight is 285 g/mol. The van der Waals surface area contributed by atoms with E-state index in [0.29, 0.717) is 18.8 Å². The molecule has 2 aliphatic carbocycles. The van der Waals surface area contributed by atoms with Crippen molar-refractivity contribution in [2.75, 3.05) is 0 Å². The second-order valence-corrected chi connectivity index (χ2v) is 6.37. The fourth-order valence-corrected chi connectivity index (χ4v) is 3.24. The molecule has 3 heteroatoms. The van der Waals surface area contributed by atoms with Crippen LogP contribution in [-0.4, -0.2) is 12.1 Å². The highest BCUT2D eigenvalue weighted by Gasteiger charge is 2.23. The van der Waals surface area contributed by atoms with Gasteiger partial charge in [0.1, 0.15) is 18.0 Å². The summed E-state index contributed by atoms with van der Waals surface area (Å²) >= 11 is 0. The molecule has 3 nitrogen and oxygen atoms in total. The topological polar surface area (TPSA) is 34.4 Å². The van der Waals surface area contributed by atoms with Crippen LogP contribution >= 0.6 is 0 Å². The third-order valence-corrected chi connectivity index (χ3v) is 4.68. The van der Waals surface area contributed by atoms with Crippen molar-refractivity contribution in [2.24, 2.45) is 0 Å². The Hall–Kier alpha value is -1.32. The SMILES string of the molecule is c1ccc2c(CNC3CC3)c(COC3CCCC3)oc2c1. The van der Waals surface area contributed by atoms with Crippen molar-refractivity contribution in [3.63, 3.8) is 0 Å². The summed E-state index contributed by atoms with van der Waals surface area (Å²) in [6, 6.07) is 9.03. The van der Waals surface area contributed by atoms with E-state index < -0.39 is 0 Å². The zero-order valence-corrected chi connectivity index (χ0v) is 12.4. The molecule has 2 aromatic rings. The summed E-state index contributed by atoms with van der Waals surface area (Å²) in [5.41, 5.74) is 2.27. The molecule has 0 amide bonds. The van der Waals surface area contributed by atoms with Crippen molar-refractivity contribution in [3.8, 4) is 0 Å². The molecule has 0 radical (unpaired) electrons. The minimum absolute atomic E-state index is 0.433. The lowest BCUT2D eigenvalue weighted by molar-refractivity contribution is 0.0359. The number of furan rings is 1. The van der Waals surface area contributed by atoms with Crippen LogP contribution in [0.15, 0.2) is 28.7 Å². The van der Waals surface area contributed by atoms with E-state index in [1.54, 1.807) is 0 Å². The van der Waals surface area contributed by atoms with Crippen molar-refractivity contribution in [1.82, 2.24) is 5.32 Å². The van der Waals surface area contributed by atoms with Gasteiger partial charge in [0, 0.05) is 23.5 Å². The van der Waals surface area contributed by atoms with E-state index in [1.165, 1.54) is 49.5 Å². The fraction of sp³-hybridized carbons (Fsp3) is 0.556. The van der Waals surface area contributed by atoms with Crippen LogP contribution in [0.25, 0.3) is 11.0 Å². The number of ether oxygens (including phenoxy) is 1. The number of benzene rings is 1. The monoisotopic (exact) mass is 285 g/mol. The second-order valence-electron chi connectivity index (χ2n) is 6.37. The molecule has 1 aromatic heterocycles. The molecule has 0 aliphatic heterocycles. The van der Waals surface area contributed by atoms with Crippen molar-refractivity contribution in [2.45, 2.75) is 63.8 Å². The molecule has 2 saturated carbocycles. The summed E-state index contributed by atoms with van der Waals surface area (Å²) in [6.07, 6.45) is 8.07. The van der Waals surface area contributed by atoms with Crippen LogP contribution in [0.1, 0.15) is 49.8 Å². The Balaban J connectivity index is 1.54. The molecule has 0 atom stereocenters. The summed E-state index contributed by atoms with van der Waals surface area (Å²) in [7, 11) is 0. The van der Waals surface area contributed by atoms with E-state index in [4.69, 9.17) is 9.15 Å². The lowest BCUT2D eigenvalue weighted by atomic mass is 10.1. The number of nitrogens with one attached hydrogen (secondary N) is 1. The first-order valence-corrected chi connectivity index (χ1v) is 8.24. The summed E-state index contributed by atoms with van der Waals surface area (Å²) < 4.78 is 12.1. The minimum atomic E-state index is 0.433. The summed E-state index contributed by atoms with van der Waals surface area (Å²) in [5.74, 6) is 1.01. The highest BCUT2D eigenvalue weighted by molar-refractivity contribution is 5.82. The Kier molecular flexibility index (Phi) is 3.70.